The summed E-state index contributed by atoms with van der Waals surface area (Å²) in [6.07, 6.45) is 3.49. The van der Waals surface area contributed by atoms with E-state index in [0.717, 1.165) is 24.8 Å². The topological polar surface area (TPSA) is 72.1 Å². The fraction of sp³-hybridized carbons (Fsp3) is 0.375. The zero-order chi connectivity index (χ0) is 21.3. The number of benzene rings is 2. The highest BCUT2D eigenvalue weighted by atomic mass is 16.5. The monoisotopic (exact) mass is 409 g/mol. The lowest BCUT2D eigenvalue weighted by Gasteiger charge is -2.33. The number of phenolic OH excluding ortho intramolecular Hbond substituents is 1. The summed E-state index contributed by atoms with van der Waals surface area (Å²) in [5, 5.41) is 11.3. The fourth-order valence-corrected chi connectivity index (χ4v) is 4.19. The van der Waals surface area contributed by atoms with Crippen LogP contribution in [-0.4, -0.2) is 36.8 Å². The van der Waals surface area contributed by atoms with E-state index in [4.69, 9.17) is 13.9 Å². The molecule has 1 saturated heterocycles. The van der Waals surface area contributed by atoms with Gasteiger partial charge < -0.3 is 19.0 Å². The van der Waals surface area contributed by atoms with Crippen molar-refractivity contribution in [1.29, 1.82) is 0 Å². The molecule has 2 aromatic carbocycles. The van der Waals surface area contributed by atoms with Gasteiger partial charge in [0.25, 0.3) is 0 Å². The highest BCUT2D eigenvalue weighted by Crippen LogP contribution is 2.35. The second-order valence-corrected chi connectivity index (χ2v) is 7.81. The highest BCUT2D eigenvalue weighted by Gasteiger charge is 2.22. The molecule has 6 nitrogen and oxygen atoms in total. The van der Waals surface area contributed by atoms with Crippen molar-refractivity contribution in [2.75, 3.05) is 20.8 Å². The molecule has 2 heterocycles. The van der Waals surface area contributed by atoms with E-state index in [1.54, 1.807) is 50.6 Å². The van der Waals surface area contributed by atoms with E-state index < -0.39 is 5.63 Å². The molecule has 1 aliphatic rings. The Morgan fingerprint density at radius 2 is 1.93 bits per heavy atom. The summed E-state index contributed by atoms with van der Waals surface area (Å²) in [6, 6.07) is 11.0. The number of fused-ring (bicyclic) bond motifs is 1. The van der Waals surface area contributed by atoms with Crippen LogP contribution in [-0.2, 0) is 6.54 Å². The van der Waals surface area contributed by atoms with Crippen LogP contribution in [0.25, 0.3) is 22.1 Å². The number of piperidine rings is 1. The van der Waals surface area contributed by atoms with Gasteiger partial charge in [-0.3, -0.25) is 4.90 Å². The molecule has 1 atom stereocenters. The van der Waals surface area contributed by atoms with Crippen LogP contribution in [0, 0.1) is 0 Å². The molecule has 4 rings (SSSR count). The lowest BCUT2D eigenvalue weighted by molar-refractivity contribution is 0.151. The van der Waals surface area contributed by atoms with E-state index in [-0.39, 0.29) is 5.75 Å². The van der Waals surface area contributed by atoms with Gasteiger partial charge in [0.1, 0.15) is 22.8 Å². The first-order chi connectivity index (χ1) is 14.5. The Morgan fingerprint density at radius 1 is 1.10 bits per heavy atom. The molecular formula is C24H27NO5. The first-order valence-electron chi connectivity index (χ1n) is 10.3. The van der Waals surface area contributed by atoms with E-state index in [9.17, 15) is 9.90 Å². The second-order valence-electron chi connectivity index (χ2n) is 7.81. The number of methoxy groups -OCH3 is 2. The van der Waals surface area contributed by atoms with E-state index in [1.807, 2.05) is 0 Å². The molecule has 0 unspecified atom stereocenters. The van der Waals surface area contributed by atoms with Gasteiger partial charge in [-0.2, -0.15) is 0 Å². The minimum Gasteiger partial charge on any atom is -0.507 e. The van der Waals surface area contributed by atoms with E-state index >= 15 is 0 Å². The summed E-state index contributed by atoms with van der Waals surface area (Å²) in [6.45, 7) is 3.72. The summed E-state index contributed by atoms with van der Waals surface area (Å²) in [7, 11) is 3.13. The Balaban J connectivity index is 1.83. The van der Waals surface area contributed by atoms with Crippen LogP contribution >= 0.6 is 0 Å². The predicted molar refractivity (Wildman–Crippen MR) is 116 cm³/mol. The third-order valence-electron chi connectivity index (χ3n) is 5.98. The molecule has 0 spiro atoms. The van der Waals surface area contributed by atoms with E-state index in [1.165, 1.54) is 6.42 Å². The zero-order valence-corrected chi connectivity index (χ0v) is 17.6. The summed E-state index contributed by atoms with van der Waals surface area (Å²) in [5.74, 6) is 1.33. The molecule has 0 bridgehead atoms. The Hall–Kier alpha value is -2.99. The average Bonchev–Trinajstić information content (AvgIpc) is 2.76. The summed E-state index contributed by atoms with van der Waals surface area (Å²) < 4.78 is 16.5. The second kappa shape index (κ2) is 8.40. The maximum Gasteiger partial charge on any atom is 0.344 e. The molecule has 0 amide bonds. The molecule has 0 radical (unpaired) electrons. The number of hydrogen-bond acceptors (Lipinski definition) is 6. The predicted octanol–water partition coefficient (Wildman–Crippen LogP) is 4.56. The molecule has 1 aromatic heterocycles. The summed E-state index contributed by atoms with van der Waals surface area (Å²) in [4.78, 5) is 15.3. The van der Waals surface area contributed by atoms with E-state index in [0.29, 0.717) is 46.4 Å². The number of rotatable bonds is 5. The first-order valence-corrected chi connectivity index (χ1v) is 10.3. The van der Waals surface area contributed by atoms with Crippen molar-refractivity contribution in [2.24, 2.45) is 0 Å². The van der Waals surface area contributed by atoms with Crippen molar-refractivity contribution in [3.63, 3.8) is 0 Å². The third-order valence-corrected chi connectivity index (χ3v) is 5.98. The maximum atomic E-state index is 13.0. The molecule has 0 saturated carbocycles. The van der Waals surface area contributed by atoms with Crippen LogP contribution in [0.5, 0.6) is 17.2 Å². The van der Waals surface area contributed by atoms with E-state index in [2.05, 4.69) is 11.8 Å². The molecule has 6 heteroatoms. The molecule has 0 aliphatic carbocycles. The number of ether oxygens (including phenoxy) is 2. The fourth-order valence-electron chi connectivity index (χ4n) is 4.19. The standard InChI is InChI=1S/C24H27NO5/c1-15-6-4-5-11-25(15)14-20-21(26)9-7-16-12-19(24(27)30-23(16)20)18-13-17(28-2)8-10-22(18)29-3/h7-10,12-13,15,26H,4-6,11,14H2,1-3H3/t15-/m1/s1. The highest BCUT2D eigenvalue weighted by molar-refractivity contribution is 5.87. The van der Waals surface area contributed by atoms with Crippen LogP contribution in [0.15, 0.2) is 45.6 Å². The van der Waals surface area contributed by atoms with Crippen molar-refractivity contribution < 1.29 is 19.0 Å². The lowest BCUT2D eigenvalue weighted by Crippen LogP contribution is -2.36. The minimum atomic E-state index is -0.479. The Kier molecular flexibility index (Phi) is 5.68. The van der Waals surface area contributed by atoms with Crippen molar-refractivity contribution in [3.05, 3.63) is 52.4 Å². The normalized spacial score (nSPS) is 17.2. The smallest absolute Gasteiger partial charge is 0.344 e. The van der Waals surface area contributed by atoms with Gasteiger partial charge in [0.15, 0.2) is 0 Å². The van der Waals surface area contributed by atoms with Gasteiger partial charge in [-0.05, 0) is 62.7 Å². The molecule has 30 heavy (non-hydrogen) atoms. The quantitative estimate of drug-likeness (QED) is 0.623. The first kappa shape index (κ1) is 20.3. The van der Waals surface area contributed by atoms with Gasteiger partial charge in [0, 0.05) is 23.5 Å². The average molecular weight is 409 g/mol. The molecule has 1 N–H and O–H groups in total. The van der Waals surface area contributed by atoms with Gasteiger partial charge in [-0.15, -0.1) is 0 Å². The summed E-state index contributed by atoms with van der Waals surface area (Å²) in [5.41, 5.74) is 1.60. The van der Waals surface area contributed by atoms with Crippen molar-refractivity contribution in [1.82, 2.24) is 4.90 Å². The number of likely N-dealkylation sites (tertiary alicyclic amines) is 1. The Labute approximate surface area is 175 Å². The van der Waals surface area contributed by atoms with Gasteiger partial charge >= 0.3 is 5.63 Å². The Bertz CT molecular complexity index is 1120. The minimum absolute atomic E-state index is 0.148. The molecular weight excluding hydrogens is 382 g/mol. The number of hydrogen-bond donors (Lipinski definition) is 1. The third kappa shape index (κ3) is 3.75. The largest absolute Gasteiger partial charge is 0.507 e. The zero-order valence-electron chi connectivity index (χ0n) is 17.6. The van der Waals surface area contributed by atoms with Crippen LogP contribution in [0.1, 0.15) is 31.7 Å². The molecule has 1 aliphatic heterocycles. The Morgan fingerprint density at radius 3 is 2.67 bits per heavy atom. The van der Waals surface area contributed by atoms with Gasteiger partial charge in [0.05, 0.1) is 25.3 Å². The number of nitrogens with zero attached hydrogens (tertiary/aromatic N) is 1. The summed E-state index contributed by atoms with van der Waals surface area (Å²) >= 11 is 0. The van der Waals surface area contributed by atoms with Gasteiger partial charge in [-0.25, -0.2) is 4.79 Å². The van der Waals surface area contributed by atoms with Crippen LogP contribution < -0.4 is 15.1 Å². The maximum absolute atomic E-state index is 13.0. The van der Waals surface area contributed by atoms with Crippen LogP contribution in [0.3, 0.4) is 0 Å². The number of aromatic hydroxyl groups is 1. The number of phenols is 1. The van der Waals surface area contributed by atoms with Crippen LogP contribution in [0.2, 0.25) is 0 Å². The van der Waals surface area contributed by atoms with Crippen molar-refractivity contribution in [2.45, 2.75) is 38.8 Å². The van der Waals surface area contributed by atoms with Gasteiger partial charge in [-0.1, -0.05) is 6.42 Å². The van der Waals surface area contributed by atoms with Gasteiger partial charge in [0.2, 0.25) is 0 Å². The SMILES string of the molecule is COc1ccc(OC)c(-c2cc3ccc(O)c(CN4CCCC[C@H]4C)c3oc2=O)c1. The molecule has 1 fully saturated rings. The molecule has 158 valence electrons. The van der Waals surface area contributed by atoms with Crippen molar-refractivity contribution in [3.8, 4) is 28.4 Å². The van der Waals surface area contributed by atoms with Crippen molar-refractivity contribution >= 4 is 11.0 Å². The van der Waals surface area contributed by atoms with Crippen LogP contribution in [0.4, 0.5) is 0 Å². The molecule has 3 aromatic rings. The lowest BCUT2D eigenvalue weighted by atomic mass is 10.0.